The van der Waals surface area contributed by atoms with Crippen molar-refractivity contribution in [3.05, 3.63) is 29.3 Å². The number of nitrogens with one attached hydrogen (secondary N) is 3. The van der Waals surface area contributed by atoms with Crippen molar-refractivity contribution in [3.63, 3.8) is 0 Å². The molecular formula is C14H19N3O4. The number of urea groups is 1. The molecule has 114 valence electrons. The van der Waals surface area contributed by atoms with Crippen molar-refractivity contribution in [2.24, 2.45) is 0 Å². The van der Waals surface area contributed by atoms with Crippen LogP contribution in [-0.2, 0) is 4.79 Å². The molecule has 0 spiro atoms. The molecule has 0 aromatic heterocycles. The van der Waals surface area contributed by atoms with E-state index in [0.717, 1.165) is 0 Å². The molecule has 21 heavy (non-hydrogen) atoms. The van der Waals surface area contributed by atoms with Crippen molar-refractivity contribution >= 4 is 23.6 Å². The highest BCUT2D eigenvalue weighted by molar-refractivity contribution is 5.94. The molecule has 4 N–H and O–H groups in total. The molecule has 0 heterocycles. The Balaban J connectivity index is 2.55. The summed E-state index contributed by atoms with van der Waals surface area (Å²) >= 11 is 0. The molecule has 0 radical (unpaired) electrons. The number of rotatable bonds is 5. The van der Waals surface area contributed by atoms with Crippen LogP contribution in [0, 0.1) is 6.92 Å². The van der Waals surface area contributed by atoms with Crippen molar-refractivity contribution in [1.29, 1.82) is 0 Å². The van der Waals surface area contributed by atoms with E-state index in [1.54, 1.807) is 6.92 Å². The number of hydrogen-bond acceptors (Lipinski definition) is 3. The van der Waals surface area contributed by atoms with Crippen LogP contribution in [-0.4, -0.2) is 35.6 Å². The van der Waals surface area contributed by atoms with Crippen LogP contribution in [0.1, 0.15) is 29.8 Å². The summed E-state index contributed by atoms with van der Waals surface area (Å²) in [5.41, 5.74) is 1.26. The molecule has 0 aliphatic heterocycles. The maximum atomic E-state index is 11.7. The van der Waals surface area contributed by atoms with Gasteiger partial charge in [0.05, 0.1) is 12.1 Å². The lowest BCUT2D eigenvalue weighted by molar-refractivity contribution is -0.120. The lowest BCUT2D eigenvalue weighted by atomic mass is 10.1. The van der Waals surface area contributed by atoms with Gasteiger partial charge in [-0.05, 0) is 44.5 Å². The highest BCUT2D eigenvalue weighted by Crippen LogP contribution is 2.16. The van der Waals surface area contributed by atoms with Crippen molar-refractivity contribution in [2.75, 3.05) is 11.9 Å². The average molecular weight is 293 g/mol. The van der Waals surface area contributed by atoms with Gasteiger partial charge in [-0.3, -0.25) is 4.79 Å². The normalized spacial score (nSPS) is 10.1. The summed E-state index contributed by atoms with van der Waals surface area (Å²) < 4.78 is 0. The highest BCUT2D eigenvalue weighted by Gasteiger charge is 2.09. The summed E-state index contributed by atoms with van der Waals surface area (Å²) in [6.07, 6.45) is 0. The zero-order valence-corrected chi connectivity index (χ0v) is 12.2. The van der Waals surface area contributed by atoms with Crippen molar-refractivity contribution in [2.45, 2.75) is 26.8 Å². The maximum absolute atomic E-state index is 11.7. The Morgan fingerprint density at radius 2 is 1.90 bits per heavy atom. The summed E-state index contributed by atoms with van der Waals surface area (Å²) in [6.45, 7) is 5.21. The standard InChI is InChI=1S/C14H19N3O4/c1-8(2)16-12(18)7-15-14(21)17-11-5-4-10(13(19)20)6-9(11)3/h4-6,8H,7H2,1-3H3,(H,16,18)(H,19,20)(H2,15,17,21). The third-order valence-corrected chi connectivity index (χ3v) is 2.58. The van der Waals surface area contributed by atoms with E-state index in [4.69, 9.17) is 5.11 Å². The van der Waals surface area contributed by atoms with E-state index in [0.29, 0.717) is 11.3 Å². The molecule has 0 aliphatic rings. The van der Waals surface area contributed by atoms with Gasteiger partial charge in [0.2, 0.25) is 5.91 Å². The number of aryl methyl sites for hydroxylation is 1. The third kappa shape index (κ3) is 5.52. The van der Waals surface area contributed by atoms with E-state index in [-0.39, 0.29) is 24.1 Å². The minimum atomic E-state index is -1.03. The minimum Gasteiger partial charge on any atom is -0.478 e. The molecule has 7 heteroatoms. The van der Waals surface area contributed by atoms with Gasteiger partial charge in [0.1, 0.15) is 0 Å². The zero-order chi connectivity index (χ0) is 16.0. The third-order valence-electron chi connectivity index (χ3n) is 2.58. The van der Waals surface area contributed by atoms with Crippen molar-refractivity contribution in [1.82, 2.24) is 10.6 Å². The van der Waals surface area contributed by atoms with Crippen LogP contribution in [0.15, 0.2) is 18.2 Å². The fourth-order valence-electron chi connectivity index (χ4n) is 1.64. The molecule has 0 aliphatic carbocycles. The first-order valence-electron chi connectivity index (χ1n) is 6.47. The molecule has 7 nitrogen and oxygen atoms in total. The average Bonchev–Trinajstić information content (AvgIpc) is 2.37. The van der Waals surface area contributed by atoms with E-state index < -0.39 is 12.0 Å². The van der Waals surface area contributed by atoms with Crippen LogP contribution in [0.3, 0.4) is 0 Å². The van der Waals surface area contributed by atoms with Crippen LogP contribution in [0.2, 0.25) is 0 Å². The number of benzene rings is 1. The summed E-state index contributed by atoms with van der Waals surface area (Å²) in [4.78, 5) is 33.8. The second-order valence-corrected chi connectivity index (χ2v) is 4.86. The lowest BCUT2D eigenvalue weighted by Gasteiger charge is -2.11. The lowest BCUT2D eigenvalue weighted by Crippen LogP contribution is -2.41. The zero-order valence-electron chi connectivity index (χ0n) is 12.2. The minimum absolute atomic E-state index is 0.00756. The summed E-state index contributed by atoms with van der Waals surface area (Å²) in [6, 6.07) is 3.85. The Morgan fingerprint density at radius 1 is 1.24 bits per heavy atom. The number of amides is 3. The topological polar surface area (TPSA) is 108 Å². The molecule has 3 amide bonds. The molecule has 0 fully saturated rings. The molecule has 1 aromatic carbocycles. The van der Waals surface area contributed by atoms with Crippen LogP contribution in [0.25, 0.3) is 0 Å². The van der Waals surface area contributed by atoms with Gasteiger partial charge in [0, 0.05) is 11.7 Å². The number of aromatic carboxylic acids is 1. The number of carboxylic acid groups (broad SMARTS) is 1. The summed E-state index contributed by atoms with van der Waals surface area (Å²) in [7, 11) is 0. The smallest absolute Gasteiger partial charge is 0.335 e. The predicted octanol–water partition coefficient (Wildman–Crippen LogP) is 1.34. The molecule has 0 unspecified atom stereocenters. The van der Waals surface area contributed by atoms with Crippen molar-refractivity contribution < 1.29 is 19.5 Å². The number of anilines is 1. The van der Waals surface area contributed by atoms with E-state index in [1.807, 2.05) is 13.8 Å². The van der Waals surface area contributed by atoms with E-state index >= 15 is 0 Å². The van der Waals surface area contributed by atoms with Crippen LogP contribution in [0.4, 0.5) is 10.5 Å². The Labute approximate surface area is 122 Å². The SMILES string of the molecule is Cc1cc(C(=O)O)ccc1NC(=O)NCC(=O)NC(C)C. The molecule has 0 atom stereocenters. The molecular weight excluding hydrogens is 274 g/mol. The number of hydrogen-bond donors (Lipinski definition) is 4. The predicted molar refractivity (Wildman–Crippen MR) is 78.4 cm³/mol. The van der Waals surface area contributed by atoms with Gasteiger partial charge >= 0.3 is 12.0 Å². The Hall–Kier alpha value is -2.57. The van der Waals surface area contributed by atoms with E-state index in [9.17, 15) is 14.4 Å². The molecule has 0 saturated carbocycles. The van der Waals surface area contributed by atoms with Crippen molar-refractivity contribution in [3.8, 4) is 0 Å². The van der Waals surface area contributed by atoms with Gasteiger partial charge in [0.15, 0.2) is 0 Å². The second kappa shape index (κ2) is 7.28. The number of carbonyl (C=O) groups is 3. The largest absolute Gasteiger partial charge is 0.478 e. The van der Waals surface area contributed by atoms with Gasteiger partial charge < -0.3 is 21.1 Å². The van der Waals surface area contributed by atoms with E-state index in [1.165, 1.54) is 18.2 Å². The Morgan fingerprint density at radius 3 is 2.43 bits per heavy atom. The second-order valence-electron chi connectivity index (χ2n) is 4.86. The van der Waals surface area contributed by atoms with Gasteiger partial charge in [-0.15, -0.1) is 0 Å². The van der Waals surface area contributed by atoms with Gasteiger partial charge in [-0.2, -0.15) is 0 Å². The van der Waals surface area contributed by atoms with Crippen LogP contribution in [0.5, 0.6) is 0 Å². The highest BCUT2D eigenvalue weighted by atomic mass is 16.4. The van der Waals surface area contributed by atoms with Gasteiger partial charge in [-0.25, -0.2) is 9.59 Å². The quantitative estimate of drug-likeness (QED) is 0.657. The van der Waals surface area contributed by atoms with Gasteiger partial charge in [-0.1, -0.05) is 0 Å². The maximum Gasteiger partial charge on any atom is 0.335 e. The summed E-state index contributed by atoms with van der Waals surface area (Å²) in [5, 5.41) is 16.5. The van der Waals surface area contributed by atoms with E-state index in [2.05, 4.69) is 16.0 Å². The van der Waals surface area contributed by atoms with Crippen LogP contribution >= 0.6 is 0 Å². The number of carbonyl (C=O) groups excluding carboxylic acids is 2. The molecule has 1 rings (SSSR count). The Bertz CT molecular complexity index is 555. The fourth-order valence-corrected chi connectivity index (χ4v) is 1.64. The first-order valence-corrected chi connectivity index (χ1v) is 6.47. The first kappa shape index (κ1) is 16.5. The first-order chi connectivity index (χ1) is 9.79. The summed E-state index contributed by atoms with van der Waals surface area (Å²) in [5.74, 6) is -1.31. The molecule has 0 bridgehead atoms. The molecule has 1 aromatic rings. The van der Waals surface area contributed by atoms with Gasteiger partial charge in [0.25, 0.3) is 0 Å². The fraction of sp³-hybridized carbons (Fsp3) is 0.357. The monoisotopic (exact) mass is 293 g/mol. The number of carboxylic acids is 1. The van der Waals surface area contributed by atoms with Crippen LogP contribution < -0.4 is 16.0 Å². The molecule has 0 saturated heterocycles. The Kier molecular flexibility index (Phi) is 5.71.